The zero-order valence-electron chi connectivity index (χ0n) is 14.2. The molecule has 1 aliphatic heterocycles. The fourth-order valence-corrected chi connectivity index (χ4v) is 3.18. The smallest absolute Gasteiger partial charge is 0.286 e. The van der Waals surface area contributed by atoms with Crippen LogP contribution < -0.4 is 11.5 Å². The molecule has 1 aliphatic rings. The van der Waals surface area contributed by atoms with E-state index in [9.17, 15) is 9.90 Å². The van der Waals surface area contributed by atoms with Gasteiger partial charge in [0.2, 0.25) is 0 Å². The number of aromatic hydroxyl groups is 1. The third kappa shape index (κ3) is 3.97. The molecule has 0 spiro atoms. The molecule has 5 N–H and O–H groups in total. The molecule has 0 aliphatic carbocycles. The molecule has 0 saturated heterocycles. The minimum absolute atomic E-state index is 0.135. The summed E-state index contributed by atoms with van der Waals surface area (Å²) < 4.78 is 0. The highest BCUT2D eigenvalue weighted by atomic mass is 32.2. The number of rotatable bonds is 3. The first-order valence-electron chi connectivity index (χ1n) is 7.68. The Morgan fingerprint density at radius 3 is 2.21 bits per heavy atom. The molecule has 0 unspecified atom stereocenters. The maximum absolute atomic E-state index is 12.0. The number of carbonyl (C=O) groups is 1. The Balaban J connectivity index is 2.44. The van der Waals surface area contributed by atoms with Crippen LogP contribution in [0.15, 0.2) is 27.0 Å². The van der Waals surface area contributed by atoms with Gasteiger partial charge in [0.1, 0.15) is 5.75 Å². The normalized spacial score (nSPS) is 16.2. The highest BCUT2D eigenvalue weighted by molar-refractivity contribution is 8.18. The summed E-state index contributed by atoms with van der Waals surface area (Å²) >= 11 is 1.13. The second-order valence-corrected chi connectivity index (χ2v) is 7.21. The first-order chi connectivity index (χ1) is 11.2. The maximum atomic E-state index is 12.0. The van der Waals surface area contributed by atoms with Crippen molar-refractivity contribution >= 4 is 34.9 Å². The number of hydrogen-bond donors (Lipinski definition) is 3. The predicted octanol–water partition coefficient (Wildman–Crippen LogP) is 2.88. The van der Waals surface area contributed by atoms with Gasteiger partial charge in [0.25, 0.3) is 5.91 Å². The molecule has 6 nitrogen and oxygen atoms in total. The number of thioether (sulfide) groups is 1. The lowest BCUT2D eigenvalue weighted by molar-refractivity contribution is -0.113. The summed E-state index contributed by atoms with van der Waals surface area (Å²) in [4.78, 5) is 20.1. The Bertz CT molecular complexity index is 731. The molecule has 1 amide bonds. The quantitative estimate of drug-likeness (QED) is 0.442. The lowest BCUT2D eigenvalue weighted by atomic mass is 9.91. The molecule has 0 fully saturated rings. The van der Waals surface area contributed by atoms with E-state index in [0.29, 0.717) is 10.7 Å². The van der Waals surface area contributed by atoms with Crippen molar-refractivity contribution in [1.82, 2.24) is 0 Å². The van der Waals surface area contributed by atoms with Gasteiger partial charge in [-0.15, -0.1) is 0 Å². The number of phenolic OH excluding ortho intramolecular Hbond substituents is 1. The van der Waals surface area contributed by atoms with E-state index in [0.717, 1.165) is 28.5 Å². The minimum Gasteiger partial charge on any atom is -0.507 e. The Labute approximate surface area is 145 Å². The monoisotopic (exact) mass is 346 g/mol. The SMILES string of the molecule is CC(C)c1cc(/C=C2\SC(N=C(N)N)=NC2=O)cc(C(C)C)c1O. The number of guanidine groups is 1. The second-order valence-electron chi connectivity index (χ2n) is 6.20. The van der Waals surface area contributed by atoms with E-state index >= 15 is 0 Å². The van der Waals surface area contributed by atoms with Gasteiger partial charge in [-0.05, 0) is 58.5 Å². The summed E-state index contributed by atoms with van der Waals surface area (Å²) in [5.41, 5.74) is 13.2. The maximum Gasteiger partial charge on any atom is 0.286 e. The number of hydrogen-bond acceptors (Lipinski definition) is 4. The Kier molecular flexibility index (Phi) is 5.33. The summed E-state index contributed by atoms with van der Waals surface area (Å²) in [5.74, 6) is 0.154. The van der Waals surface area contributed by atoms with Gasteiger partial charge in [-0.3, -0.25) is 4.79 Å². The average Bonchev–Trinajstić information content (AvgIpc) is 2.78. The Hall–Kier alpha value is -2.28. The molecule has 0 atom stereocenters. The number of aliphatic imine (C=N–C) groups is 2. The molecule has 24 heavy (non-hydrogen) atoms. The van der Waals surface area contributed by atoms with Crippen molar-refractivity contribution in [3.8, 4) is 5.75 Å². The summed E-state index contributed by atoms with van der Waals surface area (Å²) in [6.45, 7) is 8.08. The highest BCUT2D eigenvalue weighted by Crippen LogP contribution is 2.36. The number of nitrogens with two attached hydrogens (primary N) is 2. The van der Waals surface area contributed by atoms with Crippen LogP contribution in [0.25, 0.3) is 6.08 Å². The van der Waals surface area contributed by atoms with Crippen molar-refractivity contribution in [3.63, 3.8) is 0 Å². The molecule has 0 aromatic heterocycles. The molecule has 1 aromatic carbocycles. The van der Waals surface area contributed by atoms with Crippen LogP contribution in [0.1, 0.15) is 56.2 Å². The Morgan fingerprint density at radius 1 is 1.21 bits per heavy atom. The fourth-order valence-electron chi connectivity index (χ4n) is 2.38. The molecule has 1 aromatic rings. The number of phenols is 1. The molecule has 0 saturated carbocycles. The van der Waals surface area contributed by atoms with Crippen molar-refractivity contribution in [2.24, 2.45) is 21.5 Å². The fraction of sp³-hybridized carbons (Fsp3) is 0.353. The van der Waals surface area contributed by atoms with Crippen LogP contribution in [0.3, 0.4) is 0 Å². The van der Waals surface area contributed by atoms with Crippen LogP contribution in [0.2, 0.25) is 0 Å². The Morgan fingerprint density at radius 2 is 1.75 bits per heavy atom. The number of amidine groups is 1. The van der Waals surface area contributed by atoms with E-state index < -0.39 is 0 Å². The van der Waals surface area contributed by atoms with Crippen LogP contribution in [0.4, 0.5) is 0 Å². The van der Waals surface area contributed by atoms with Crippen molar-refractivity contribution in [3.05, 3.63) is 33.7 Å². The number of amides is 1. The molecular weight excluding hydrogens is 324 g/mol. The van der Waals surface area contributed by atoms with Gasteiger partial charge < -0.3 is 16.6 Å². The highest BCUT2D eigenvalue weighted by Gasteiger charge is 2.22. The number of carbonyl (C=O) groups excluding carboxylic acids is 1. The average molecular weight is 346 g/mol. The second kappa shape index (κ2) is 7.09. The van der Waals surface area contributed by atoms with Gasteiger partial charge in [0.05, 0.1) is 4.91 Å². The van der Waals surface area contributed by atoms with Gasteiger partial charge in [0, 0.05) is 0 Å². The van der Waals surface area contributed by atoms with Crippen LogP contribution in [-0.4, -0.2) is 22.1 Å². The zero-order chi connectivity index (χ0) is 18.0. The minimum atomic E-state index is -0.370. The van der Waals surface area contributed by atoms with Crippen LogP contribution in [0, 0.1) is 0 Å². The number of nitrogens with zero attached hydrogens (tertiary/aromatic N) is 2. The van der Waals surface area contributed by atoms with E-state index in [2.05, 4.69) is 9.98 Å². The standard InChI is InChI=1S/C17H22N4O2S/c1-8(2)11-5-10(6-12(9(3)4)14(11)22)7-13-15(23)20-17(24-13)21-16(18)19/h5-9,22H,1-4H3,(H4,18,19,20,21,23)/b13-7-. The van der Waals surface area contributed by atoms with Crippen LogP contribution in [0.5, 0.6) is 5.75 Å². The molecule has 0 radical (unpaired) electrons. The van der Waals surface area contributed by atoms with E-state index in [1.165, 1.54) is 0 Å². The molecular formula is C17H22N4O2S. The van der Waals surface area contributed by atoms with Gasteiger partial charge in [0.15, 0.2) is 11.1 Å². The van der Waals surface area contributed by atoms with Crippen molar-refractivity contribution in [1.29, 1.82) is 0 Å². The third-order valence-electron chi connectivity index (χ3n) is 3.57. The van der Waals surface area contributed by atoms with Crippen LogP contribution >= 0.6 is 11.8 Å². The van der Waals surface area contributed by atoms with Crippen molar-refractivity contribution in [2.45, 2.75) is 39.5 Å². The largest absolute Gasteiger partial charge is 0.507 e. The summed E-state index contributed by atoms with van der Waals surface area (Å²) in [6.07, 6.45) is 1.75. The van der Waals surface area contributed by atoms with Gasteiger partial charge in [-0.1, -0.05) is 27.7 Å². The molecule has 128 valence electrons. The zero-order valence-corrected chi connectivity index (χ0v) is 15.0. The summed E-state index contributed by atoms with van der Waals surface area (Å²) in [7, 11) is 0. The van der Waals surface area contributed by atoms with E-state index in [4.69, 9.17) is 11.5 Å². The molecule has 7 heteroatoms. The van der Waals surface area contributed by atoms with Gasteiger partial charge in [-0.2, -0.15) is 9.98 Å². The molecule has 1 heterocycles. The first kappa shape index (κ1) is 18.1. The topological polar surface area (TPSA) is 114 Å². The third-order valence-corrected chi connectivity index (χ3v) is 4.44. The van der Waals surface area contributed by atoms with Crippen molar-refractivity contribution in [2.75, 3.05) is 0 Å². The van der Waals surface area contributed by atoms with E-state index in [1.54, 1.807) is 6.08 Å². The van der Waals surface area contributed by atoms with Gasteiger partial charge in [-0.25, -0.2) is 0 Å². The summed E-state index contributed by atoms with van der Waals surface area (Å²) in [5, 5.41) is 10.7. The van der Waals surface area contributed by atoms with Gasteiger partial charge >= 0.3 is 0 Å². The first-order valence-corrected chi connectivity index (χ1v) is 8.49. The lowest BCUT2D eigenvalue weighted by Crippen LogP contribution is -2.23. The van der Waals surface area contributed by atoms with Crippen LogP contribution in [-0.2, 0) is 4.79 Å². The van der Waals surface area contributed by atoms with E-state index in [-0.39, 0.29) is 28.9 Å². The van der Waals surface area contributed by atoms with E-state index in [1.807, 2.05) is 39.8 Å². The lowest BCUT2D eigenvalue weighted by Gasteiger charge is -2.16. The van der Waals surface area contributed by atoms with Crippen molar-refractivity contribution < 1.29 is 9.90 Å². The summed E-state index contributed by atoms with van der Waals surface area (Å²) in [6, 6.07) is 3.79. The number of benzene rings is 1. The molecule has 0 bridgehead atoms. The predicted molar refractivity (Wildman–Crippen MR) is 100 cm³/mol. The molecule has 2 rings (SSSR count).